The number of nitrogens with one attached hydrogen (secondary N) is 1. The largest absolute Gasteiger partial charge is 0.494 e. The molecule has 7 heteroatoms. The summed E-state index contributed by atoms with van der Waals surface area (Å²) < 4.78 is 7.70. The molecule has 2 aromatic carbocycles. The molecule has 0 aliphatic heterocycles. The van der Waals surface area contributed by atoms with Gasteiger partial charge in [0.05, 0.1) is 12.4 Å². The van der Waals surface area contributed by atoms with Gasteiger partial charge in [0.1, 0.15) is 5.75 Å². The number of rotatable bonds is 11. The molecule has 162 valence electrons. The number of carbonyl (C=O) groups excluding carboxylic acids is 1. The van der Waals surface area contributed by atoms with Crippen LogP contribution in [-0.2, 0) is 11.3 Å². The van der Waals surface area contributed by atoms with Crippen molar-refractivity contribution in [3.05, 3.63) is 66.7 Å². The number of carbonyl (C=O) groups is 1. The highest BCUT2D eigenvalue weighted by atomic mass is 32.2. The molecule has 1 amide bonds. The van der Waals surface area contributed by atoms with Gasteiger partial charge in [-0.1, -0.05) is 49.4 Å². The van der Waals surface area contributed by atoms with Crippen molar-refractivity contribution in [1.82, 2.24) is 14.8 Å². The van der Waals surface area contributed by atoms with Crippen LogP contribution >= 0.6 is 11.8 Å². The first-order valence-corrected chi connectivity index (χ1v) is 11.4. The molecule has 0 fully saturated rings. The second-order valence-corrected chi connectivity index (χ2v) is 8.03. The zero-order valence-electron chi connectivity index (χ0n) is 18.0. The lowest BCUT2D eigenvalue weighted by molar-refractivity contribution is -0.113. The molecule has 0 atom stereocenters. The van der Waals surface area contributed by atoms with Crippen molar-refractivity contribution >= 4 is 23.4 Å². The predicted octanol–water partition coefficient (Wildman–Crippen LogP) is 5.35. The Kier molecular flexibility index (Phi) is 8.29. The highest BCUT2D eigenvalue weighted by Crippen LogP contribution is 2.26. The topological polar surface area (TPSA) is 69.0 Å². The molecular weight excluding hydrogens is 408 g/mol. The molecule has 0 spiro atoms. The Morgan fingerprint density at radius 1 is 1.19 bits per heavy atom. The SMILES string of the molecule is C=CCn1c(SCC(=O)Nc2ccccc2C)nnc1-c1ccc(OCCCC)cc1. The minimum absolute atomic E-state index is 0.0809. The summed E-state index contributed by atoms with van der Waals surface area (Å²) in [4.78, 5) is 12.4. The van der Waals surface area contributed by atoms with E-state index in [-0.39, 0.29) is 11.7 Å². The van der Waals surface area contributed by atoms with Gasteiger partial charge < -0.3 is 10.1 Å². The lowest BCUT2D eigenvalue weighted by atomic mass is 10.2. The second-order valence-electron chi connectivity index (χ2n) is 7.08. The number of benzene rings is 2. The van der Waals surface area contributed by atoms with E-state index in [9.17, 15) is 4.79 Å². The lowest BCUT2D eigenvalue weighted by Crippen LogP contribution is -2.15. The van der Waals surface area contributed by atoms with Gasteiger partial charge in [0.2, 0.25) is 5.91 Å². The Morgan fingerprint density at radius 3 is 2.68 bits per heavy atom. The van der Waals surface area contributed by atoms with E-state index in [0.717, 1.165) is 41.2 Å². The molecule has 0 saturated heterocycles. The number of hydrogen-bond donors (Lipinski definition) is 1. The van der Waals surface area contributed by atoms with E-state index in [0.29, 0.717) is 18.3 Å². The number of aromatic nitrogens is 3. The molecule has 3 aromatic rings. The zero-order valence-corrected chi connectivity index (χ0v) is 18.8. The van der Waals surface area contributed by atoms with Crippen LogP contribution < -0.4 is 10.1 Å². The summed E-state index contributed by atoms with van der Waals surface area (Å²) in [6, 6.07) is 15.6. The van der Waals surface area contributed by atoms with Crippen LogP contribution in [0.4, 0.5) is 5.69 Å². The summed E-state index contributed by atoms with van der Waals surface area (Å²) in [6.45, 7) is 9.22. The summed E-state index contributed by atoms with van der Waals surface area (Å²) >= 11 is 1.36. The fraction of sp³-hybridized carbons (Fsp3) is 0.292. The molecule has 0 unspecified atom stereocenters. The number of anilines is 1. The highest BCUT2D eigenvalue weighted by Gasteiger charge is 2.15. The van der Waals surface area contributed by atoms with Crippen LogP contribution in [-0.4, -0.2) is 33.0 Å². The molecule has 0 saturated carbocycles. The maximum Gasteiger partial charge on any atom is 0.234 e. The molecular formula is C24H28N4O2S. The summed E-state index contributed by atoms with van der Waals surface area (Å²) in [5.41, 5.74) is 2.79. The van der Waals surface area contributed by atoms with Crippen molar-refractivity contribution in [2.45, 2.75) is 38.4 Å². The number of ether oxygens (including phenoxy) is 1. The molecule has 6 nitrogen and oxygen atoms in total. The van der Waals surface area contributed by atoms with Crippen molar-refractivity contribution < 1.29 is 9.53 Å². The van der Waals surface area contributed by atoms with Gasteiger partial charge in [-0.2, -0.15) is 0 Å². The van der Waals surface area contributed by atoms with Gasteiger partial charge in [0, 0.05) is 17.8 Å². The Labute approximate surface area is 187 Å². The van der Waals surface area contributed by atoms with Crippen LogP contribution in [0.1, 0.15) is 25.3 Å². The second kappa shape index (κ2) is 11.4. The third-order valence-electron chi connectivity index (χ3n) is 4.66. The van der Waals surface area contributed by atoms with Gasteiger partial charge in [-0.05, 0) is 49.2 Å². The third-order valence-corrected chi connectivity index (χ3v) is 5.63. The average molecular weight is 437 g/mol. The number of thioether (sulfide) groups is 1. The maximum atomic E-state index is 12.4. The first-order valence-electron chi connectivity index (χ1n) is 10.4. The zero-order chi connectivity index (χ0) is 22.1. The Hall–Kier alpha value is -3.06. The van der Waals surface area contributed by atoms with Crippen LogP contribution in [0.3, 0.4) is 0 Å². The first kappa shape index (κ1) is 22.6. The fourth-order valence-corrected chi connectivity index (χ4v) is 3.71. The van der Waals surface area contributed by atoms with Gasteiger partial charge in [-0.25, -0.2) is 0 Å². The van der Waals surface area contributed by atoms with E-state index in [4.69, 9.17) is 4.74 Å². The van der Waals surface area contributed by atoms with Gasteiger partial charge in [-0.15, -0.1) is 16.8 Å². The highest BCUT2D eigenvalue weighted by molar-refractivity contribution is 7.99. The smallest absolute Gasteiger partial charge is 0.234 e. The number of aryl methyl sites for hydroxylation is 1. The lowest BCUT2D eigenvalue weighted by Gasteiger charge is -2.10. The van der Waals surface area contributed by atoms with Crippen LogP contribution in [0.5, 0.6) is 5.75 Å². The van der Waals surface area contributed by atoms with E-state index in [1.807, 2.05) is 60.0 Å². The Bertz CT molecular complexity index is 1010. The van der Waals surface area contributed by atoms with Crippen molar-refractivity contribution in [3.8, 4) is 17.1 Å². The molecule has 0 bridgehead atoms. The average Bonchev–Trinajstić information content (AvgIpc) is 3.17. The summed E-state index contributed by atoms with van der Waals surface area (Å²) in [7, 11) is 0. The third kappa shape index (κ3) is 6.21. The summed E-state index contributed by atoms with van der Waals surface area (Å²) in [5.74, 6) is 1.74. The summed E-state index contributed by atoms with van der Waals surface area (Å²) in [6.07, 6.45) is 3.94. The monoisotopic (exact) mass is 436 g/mol. The van der Waals surface area contributed by atoms with Crippen LogP contribution in [0, 0.1) is 6.92 Å². The van der Waals surface area contributed by atoms with Crippen molar-refractivity contribution in [3.63, 3.8) is 0 Å². The number of nitrogens with zero attached hydrogens (tertiary/aromatic N) is 3. The van der Waals surface area contributed by atoms with E-state index in [1.165, 1.54) is 11.8 Å². The fourth-order valence-electron chi connectivity index (χ4n) is 2.97. The number of amides is 1. The van der Waals surface area contributed by atoms with Gasteiger partial charge in [0.15, 0.2) is 11.0 Å². The Morgan fingerprint density at radius 2 is 1.97 bits per heavy atom. The number of hydrogen-bond acceptors (Lipinski definition) is 5. The molecule has 1 N–H and O–H groups in total. The van der Waals surface area contributed by atoms with E-state index in [2.05, 4.69) is 29.0 Å². The molecule has 0 aliphatic rings. The van der Waals surface area contributed by atoms with Crippen molar-refractivity contribution in [2.24, 2.45) is 0 Å². The quantitative estimate of drug-likeness (QED) is 0.249. The van der Waals surface area contributed by atoms with E-state index < -0.39 is 0 Å². The number of allylic oxidation sites excluding steroid dienone is 1. The number of para-hydroxylation sites is 1. The van der Waals surface area contributed by atoms with Crippen LogP contribution in [0.25, 0.3) is 11.4 Å². The van der Waals surface area contributed by atoms with Gasteiger partial charge in [-0.3, -0.25) is 9.36 Å². The van der Waals surface area contributed by atoms with Gasteiger partial charge >= 0.3 is 0 Å². The van der Waals surface area contributed by atoms with Crippen molar-refractivity contribution in [2.75, 3.05) is 17.7 Å². The molecule has 0 aliphatic carbocycles. The molecule has 1 heterocycles. The summed E-state index contributed by atoms with van der Waals surface area (Å²) in [5, 5.41) is 12.3. The van der Waals surface area contributed by atoms with Crippen LogP contribution in [0.2, 0.25) is 0 Å². The molecule has 3 rings (SSSR count). The molecule has 31 heavy (non-hydrogen) atoms. The first-order chi connectivity index (χ1) is 15.1. The molecule has 1 aromatic heterocycles. The van der Waals surface area contributed by atoms with E-state index in [1.54, 1.807) is 6.08 Å². The minimum atomic E-state index is -0.0809. The number of unbranched alkanes of at least 4 members (excludes halogenated alkanes) is 1. The molecule has 0 radical (unpaired) electrons. The van der Waals surface area contributed by atoms with E-state index >= 15 is 0 Å². The van der Waals surface area contributed by atoms with Crippen molar-refractivity contribution in [1.29, 1.82) is 0 Å². The van der Waals surface area contributed by atoms with Gasteiger partial charge in [0.25, 0.3) is 0 Å². The maximum absolute atomic E-state index is 12.4. The predicted molar refractivity (Wildman–Crippen MR) is 127 cm³/mol. The van der Waals surface area contributed by atoms with Crippen LogP contribution in [0.15, 0.2) is 66.3 Å². The Balaban J connectivity index is 1.68. The standard InChI is InChI=1S/C24H28N4O2S/c1-4-6-16-30-20-13-11-19(12-14-20)23-26-27-24(28(23)15-5-2)31-17-22(29)25-21-10-8-7-9-18(21)3/h5,7-14H,2,4,6,15-17H2,1,3H3,(H,25,29). The minimum Gasteiger partial charge on any atom is -0.494 e. The normalized spacial score (nSPS) is 10.6.